The molecule has 2 amide bonds. The van der Waals surface area contributed by atoms with Crippen LogP contribution >= 0.6 is 0 Å². The lowest BCUT2D eigenvalue weighted by Crippen LogP contribution is -2.49. The van der Waals surface area contributed by atoms with Gasteiger partial charge in [0.15, 0.2) is 0 Å². The summed E-state index contributed by atoms with van der Waals surface area (Å²) >= 11 is 0. The molecule has 1 heterocycles. The van der Waals surface area contributed by atoms with Crippen LogP contribution in [0.2, 0.25) is 0 Å². The first-order valence-electron chi connectivity index (χ1n) is 7.92. The summed E-state index contributed by atoms with van der Waals surface area (Å²) in [5.74, 6) is 0.339. The third-order valence-electron chi connectivity index (χ3n) is 4.44. The highest BCUT2D eigenvalue weighted by Crippen LogP contribution is 2.17. The Bertz CT molecular complexity index is 332. The molecule has 2 fully saturated rings. The number of nitrogens with one attached hydrogen (secondary N) is 1. The van der Waals surface area contributed by atoms with E-state index in [1.807, 2.05) is 4.90 Å². The molecule has 5 nitrogen and oxygen atoms in total. The normalized spacial score (nSPS) is 21.8. The molecule has 0 aromatic rings. The number of amides is 2. The van der Waals surface area contributed by atoms with Crippen LogP contribution in [0.4, 0.5) is 0 Å². The highest BCUT2D eigenvalue weighted by atomic mass is 16.2. The molecule has 1 N–H and O–H groups in total. The Balaban J connectivity index is 1.60. The largest absolute Gasteiger partial charge is 0.353 e. The number of piperazine rings is 1. The van der Waals surface area contributed by atoms with E-state index < -0.39 is 0 Å². The third-order valence-corrected chi connectivity index (χ3v) is 4.44. The molecule has 2 aliphatic rings. The molecular formula is C15H27N3O2. The standard InChI is InChI=1S/C15H27N3O2/c1-13(19)18-11-9-17(10-12-18)8-7-15(20)16-14-5-3-2-4-6-14/h14H,2-12H2,1H3,(H,16,20). The first-order valence-corrected chi connectivity index (χ1v) is 7.92. The molecule has 0 unspecified atom stereocenters. The molecule has 20 heavy (non-hydrogen) atoms. The summed E-state index contributed by atoms with van der Waals surface area (Å²) in [6.07, 6.45) is 6.67. The van der Waals surface area contributed by atoms with Gasteiger partial charge in [0.1, 0.15) is 0 Å². The summed E-state index contributed by atoms with van der Waals surface area (Å²) in [7, 11) is 0. The Morgan fingerprint density at radius 1 is 1.05 bits per heavy atom. The molecule has 0 bridgehead atoms. The van der Waals surface area contributed by atoms with Crippen LogP contribution in [0.5, 0.6) is 0 Å². The smallest absolute Gasteiger partial charge is 0.221 e. The van der Waals surface area contributed by atoms with Gasteiger partial charge in [0.05, 0.1) is 0 Å². The van der Waals surface area contributed by atoms with E-state index in [-0.39, 0.29) is 11.8 Å². The van der Waals surface area contributed by atoms with E-state index in [2.05, 4.69) is 10.2 Å². The Morgan fingerprint density at radius 3 is 2.30 bits per heavy atom. The number of carbonyl (C=O) groups excluding carboxylic acids is 2. The van der Waals surface area contributed by atoms with Crippen LogP contribution in [-0.4, -0.2) is 60.4 Å². The lowest BCUT2D eigenvalue weighted by Gasteiger charge is -2.34. The van der Waals surface area contributed by atoms with Gasteiger partial charge in [-0.15, -0.1) is 0 Å². The number of nitrogens with zero attached hydrogens (tertiary/aromatic N) is 2. The summed E-state index contributed by atoms with van der Waals surface area (Å²) in [6, 6.07) is 0.408. The van der Waals surface area contributed by atoms with Gasteiger partial charge in [-0.3, -0.25) is 14.5 Å². The molecular weight excluding hydrogens is 254 g/mol. The van der Waals surface area contributed by atoms with Crippen molar-refractivity contribution in [3.05, 3.63) is 0 Å². The number of hydrogen-bond acceptors (Lipinski definition) is 3. The molecule has 0 radical (unpaired) electrons. The Morgan fingerprint density at radius 2 is 1.70 bits per heavy atom. The average Bonchev–Trinajstić information content (AvgIpc) is 2.46. The minimum atomic E-state index is 0.152. The molecule has 0 atom stereocenters. The highest BCUT2D eigenvalue weighted by Gasteiger charge is 2.20. The Labute approximate surface area is 121 Å². The quantitative estimate of drug-likeness (QED) is 0.836. The lowest BCUT2D eigenvalue weighted by atomic mass is 9.95. The lowest BCUT2D eigenvalue weighted by molar-refractivity contribution is -0.131. The topological polar surface area (TPSA) is 52.7 Å². The molecule has 0 aromatic carbocycles. The molecule has 0 aromatic heterocycles. The van der Waals surface area contributed by atoms with E-state index in [0.29, 0.717) is 12.5 Å². The van der Waals surface area contributed by atoms with Gasteiger partial charge in [-0.05, 0) is 12.8 Å². The van der Waals surface area contributed by atoms with Gasteiger partial charge in [-0.2, -0.15) is 0 Å². The Hall–Kier alpha value is -1.10. The fourth-order valence-corrected chi connectivity index (χ4v) is 3.09. The maximum Gasteiger partial charge on any atom is 0.221 e. The van der Waals surface area contributed by atoms with Crippen molar-refractivity contribution in [1.82, 2.24) is 15.1 Å². The average molecular weight is 281 g/mol. The number of carbonyl (C=O) groups is 2. The van der Waals surface area contributed by atoms with Gasteiger partial charge < -0.3 is 10.2 Å². The summed E-state index contributed by atoms with van der Waals surface area (Å²) in [6.45, 7) is 5.78. The van der Waals surface area contributed by atoms with Crippen molar-refractivity contribution in [2.45, 2.75) is 51.5 Å². The van der Waals surface area contributed by atoms with E-state index in [0.717, 1.165) is 45.6 Å². The van der Waals surface area contributed by atoms with Gasteiger partial charge in [0.2, 0.25) is 11.8 Å². The maximum atomic E-state index is 11.9. The van der Waals surface area contributed by atoms with Crippen molar-refractivity contribution < 1.29 is 9.59 Å². The molecule has 1 saturated carbocycles. The van der Waals surface area contributed by atoms with Gasteiger partial charge in [0.25, 0.3) is 0 Å². The van der Waals surface area contributed by atoms with Crippen molar-refractivity contribution >= 4 is 11.8 Å². The van der Waals surface area contributed by atoms with Crippen LogP contribution in [0.3, 0.4) is 0 Å². The zero-order valence-corrected chi connectivity index (χ0v) is 12.6. The van der Waals surface area contributed by atoms with Gasteiger partial charge in [-0.25, -0.2) is 0 Å². The Kier molecular flexibility index (Phi) is 5.83. The van der Waals surface area contributed by atoms with E-state index in [1.165, 1.54) is 19.3 Å². The van der Waals surface area contributed by atoms with Crippen molar-refractivity contribution in [2.75, 3.05) is 32.7 Å². The SMILES string of the molecule is CC(=O)N1CCN(CCC(=O)NC2CCCCC2)CC1. The van der Waals surface area contributed by atoms with Gasteiger partial charge >= 0.3 is 0 Å². The first kappa shape index (κ1) is 15.3. The third kappa shape index (κ3) is 4.78. The monoisotopic (exact) mass is 281 g/mol. The minimum absolute atomic E-state index is 0.152. The van der Waals surface area contributed by atoms with Crippen LogP contribution in [-0.2, 0) is 9.59 Å². The van der Waals surface area contributed by atoms with Crippen molar-refractivity contribution in [3.63, 3.8) is 0 Å². The van der Waals surface area contributed by atoms with Crippen LogP contribution < -0.4 is 5.32 Å². The van der Waals surface area contributed by atoms with Crippen molar-refractivity contribution in [2.24, 2.45) is 0 Å². The second kappa shape index (κ2) is 7.62. The predicted molar refractivity (Wildman–Crippen MR) is 78.3 cm³/mol. The highest BCUT2D eigenvalue weighted by molar-refractivity contribution is 5.76. The molecule has 1 saturated heterocycles. The molecule has 1 aliphatic carbocycles. The zero-order chi connectivity index (χ0) is 14.4. The minimum Gasteiger partial charge on any atom is -0.353 e. The van der Waals surface area contributed by atoms with E-state index in [9.17, 15) is 9.59 Å². The molecule has 114 valence electrons. The van der Waals surface area contributed by atoms with Crippen molar-refractivity contribution in [3.8, 4) is 0 Å². The summed E-state index contributed by atoms with van der Waals surface area (Å²) in [5.41, 5.74) is 0. The summed E-state index contributed by atoms with van der Waals surface area (Å²) in [5, 5.41) is 3.16. The summed E-state index contributed by atoms with van der Waals surface area (Å²) in [4.78, 5) is 27.3. The van der Waals surface area contributed by atoms with E-state index in [4.69, 9.17) is 0 Å². The molecule has 5 heteroatoms. The van der Waals surface area contributed by atoms with Crippen LogP contribution in [0.15, 0.2) is 0 Å². The summed E-state index contributed by atoms with van der Waals surface area (Å²) < 4.78 is 0. The van der Waals surface area contributed by atoms with E-state index in [1.54, 1.807) is 6.92 Å². The fourth-order valence-electron chi connectivity index (χ4n) is 3.09. The maximum absolute atomic E-state index is 11.9. The number of hydrogen-bond donors (Lipinski definition) is 1. The fraction of sp³-hybridized carbons (Fsp3) is 0.867. The second-order valence-corrected chi connectivity index (χ2v) is 6.00. The second-order valence-electron chi connectivity index (χ2n) is 6.00. The molecule has 0 spiro atoms. The van der Waals surface area contributed by atoms with Crippen LogP contribution in [0, 0.1) is 0 Å². The van der Waals surface area contributed by atoms with Gasteiger partial charge in [0, 0.05) is 52.1 Å². The number of rotatable bonds is 4. The molecule has 2 rings (SSSR count). The van der Waals surface area contributed by atoms with Crippen LogP contribution in [0.25, 0.3) is 0 Å². The molecule has 1 aliphatic heterocycles. The predicted octanol–water partition coefficient (Wildman–Crippen LogP) is 0.989. The van der Waals surface area contributed by atoms with E-state index >= 15 is 0 Å². The zero-order valence-electron chi connectivity index (χ0n) is 12.6. The van der Waals surface area contributed by atoms with Crippen LogP contribution in [0.1, 0.15) is 45.4 Å². The van der Waals surface area contributed by atoms with Crippen molar-refractivity contribution in [1.29, 1.82) is 0 Å². The van der Waals surface area contributed by atoms with Gasteiger partial charge in [-0.1, -0.05) is 19.3 Å². The first-order chi connectivity index (χ1) is 9.65.